The van der Waals surface area contributed by atoms with E-state index in [1.54, 1.807) is 36.4 Å². The average Bonchev–Trinajstić information content (AvgIpc) is 2.61. The number of halogens is 1. The molecule has 124 valence electrons. The van der Waals surface area contributed by atoms with E-state index in [-0.39, 0.29) is 24.4 Å². The smallest absolute Gasteiger partial charge is 0.267 e. The van der Waals surface area contributed by atoms with E-state index in [1.165, 1.54) is 24.3 Å². The fourth-order valence-electron chi connectivity index (χ4n) is 1.95. The normalized spacial score (nSPS) is 11.0. The Bertz CT molecular complexity index is 745. The average molecular weight is 328 g/mol. The molecule has 24 heavy (non-hydrogen) atoms. The second-order valence-corrected chi connectivity index (χ2v) is 4.88. The van der Waals surface area contributed by atoms with Gasteiger partial charge in [0.05, 0.1) is 6.61 Å². The molecule has 0 aliphatic carbocycles. The topological polar surface area (TPSA) is 78.4 Å². The Kier molecular flexibility index (Phi) is 6.22. The van der Waals surface area contributed by atoms with Crippen LogP contribution in [0.15, 0.2) is 60.3 Å². The largest absolute Gasteiger partial charge is 0.395 e. The Morgan fingerprint density at radius 1 is 1.04 bits per heavy atom. The van der Waals surface area contributed by atoms with Crippen LogP contribution in [0.2, 0.25) is 0 Å². The number of nitrogens with one attached hydrogen (secondary N) is 2. The van der Waals surface area contributed by atoms with Gasteiger partial charge in [-0.15, -0.1) is 0 Å². The lowest BCUT2D eigenvalue weighted by Gasteiger charge is -2.11. The van der Waals surface area contributed by atoms with Gasteiger partial charge in [-0.3, -0.25) is 9.59 Å². The van der Waals surface area contributed by atoms with Gasteiger partial charge in [0.1, 0.15) is 11.5 Å². The van der Waals surface area contributed by atoms with E-state index in [1.807, 2.05) is 0 Å². The number of rotatable bonds is 6. The van der Waals surface area contributed by atoms with Crippen LogP contribution in [0.3, 0.4) is 0 Å². The molecule has 0 fully saturated rings. The van der Waals surface area contributed by atoms with Crippen molar-refractivity contribution >= 4 is 17.9 Å². The molecule has 0 aromatic heterocycles. The minimum Gasteiger partial charge on any atom is -0.395 e. The van der Waals surface area contributed by atoms with E-state index in [4.69, 9.17) is 5.11 Å². The van der Waals surface area contributed by atoms with Gasteiger partial charge in [-0.25, -0.2) is 4.39 Å². The fourth-order valence-corrected chi connectivity index (χ4v) is 1.95. The first-order chi connectivity index (χ1) is 11.6. The highest BCUT2D eigenvalue weighted by atomic mass is 19.1. The maximum absolute atomic E-state index is 13.8. The molecule has 0 unspecified atom stereocenters. The van der Waals surface area contributed by atoms with Crippen LogP contribution in [0.1, 0.15) is 15.9 Å². The third-order valence-corrected chi connectivity index (χ3v) is 3.13. The summed E-state index contributed by atoms with van der Waals surface area (Å²) in [6.07, 6.45) is 1.25. The van der Waals surface area contributed by atoms with Crippen LogP contribution >= 0.6 is 0 Å². The second kappa shape index (κ2) is 8.59. The molecule has 0 heterocycles. The number of benzene rings is 2. The first kappa shape index (κ1) is 17.4. The summed E-state index contributed by atoms with van der Waals surface area (Å²) in [6.45, 7) is -0.222. The van der Waals surface area contributed by atoms with Gasteiger partial charge in [-0.1, -0.05) is 36.4 Å². The van der Waals surface area contributed by atoms with Crippen molar-refractivity contribution in [3.63, 3.8) is 0 Å². The summed E-state index contributed by atoms with van der Waals surface area (Å²) < 4.78 is 13.8. The summed E-state index contributed by atoms with van der Waals surface area (Å²) in [5.74, 6) is -1.62. The summed E-state index contributed by atoms with van der Waals surface area (Å²) in [6, 6.07) is 14.3. The molecule has 0 spiro atoms. The summed E-state index contributed by atoms with van der Waals surface area (Å²) in [5, 5.41) is 13.7. The lowest BCUT2D eigenvalue weighted by Crippen LogP contribution is -2.36. The molecule has 6 heteroatoms. The van der Waals surface area contributed by atoms with E-state index < -0.39 is 17.6 Å². The molecule has 2 rings (SSSR count). The Balaban J connectivity index is 2.28. The number of carbonyl (C=O) groups is 2. The minimum absolute atomic E-state index is 0.0225. The van der Waals surface area contributed by atoms with Crippen molar-refractivity contribution in [2.45, 2.75) is 0 Å². The number of amides is 2. The number of hydrogen-bond acceptors (Lipinski definition) is 3. The van der Waals surface area contributed by atoms with Gasteiger partial charge in [0.25, 0.3) is 11.8 Å². The third kappa shape index (κ3) is 4.76. The molecule has 0 atom stereocenters. The molecule has 0 saturated carbocycles. The Hall–Kier alpha value is -2.99. The SMILES string of the molecule is O=C(NCCO)/C(=C/c1ccccc1F)NC(=O)c1ccccc1. The van der Waals surface area contributed by atoms with Crippen molar-refractivity contribution in [1.82, 2.24) is 10.6 Å². The highest BCUT2D eigenvalue weighted by molar-refractivity contribution is 6.05. The molecule has 5 nitrogen and oxygen atoms in total. The minimum atomic E-state index is -0.614. The van der Waals surface area contributed by atoms with Crippen LogP contribution in [0.5, 0.6) is 0 Å². The van der Waals surface area contributed by atoms with Crippen LogP contribution in [0.4, 0.5) is 4.39 Å². The van der Waals surface area contributed by atoms with E-state index in [2.05, 4.69) is 10.6 Å². The standard InChI is InChI=1S/C18H17FN2O3/c19-15-9-5-4-8-14(15)12-16(18(24)20-10-11-22)21-17(23)13-6-2-1-3-7-13/h1-9,12,22H,10-11H2,(H,20,24)(H,21,23)/b16-12-. The van der Waals surface area contributed by atoms with E-state index in [9.17, 15) is 14.0 Å². The van der Waals surface area contributed by atoms with Gasteiger partial charge in [-0.2, -0.15) is 0 Å². The predicted octanol–water partition coefficient (Wildman–Crippen LogP) is 1.71. The summed E-state index contributed by atoms with van der Waals surface area (Å²) in [5.41, 5.74) is 0.425. The monoisotopic (exact) mass is 328 g/mol. The van der Waals surface area contributed by atoms with Gasteiger partial charge in [0.15, 0.2) is 0 Å². The quantitative estimate of drug-likeness (QED) is 0.706. The zero-order chi connectivity index (χ0) is 17.4. The molecule has 0 bridgehead atoms. The number of hydrogen-bond donors (Lipinski definition) is 3. The Morgan fingerprint density at radius 2 is 1.71 bits per heavy atom. The number of carbonyl (C=O) groups excluding carboxylic acids is 2. The molecule has 3 N–H and O–H groups in total. The maximum Gasteiger partial charge on any atom is 0.267 e. The van der Waals surface area contributed by atoms with Crippen LogP contribution < -0.4 is 10.6 Å². The summed E-state index contributed by atoms with van der Waals surface area (Å²) >= 11 is 0. The maximum atomic E-state index is 13.8. The third-order valence-electron chi connectivity index (χ3n) is 3.13. The first-order valence-corrected chi connectivity index (χ1v) is 7.33. The lowest BCUT2D eigenvalue weighted by molar-refractivity contribution is -0.117. The van der Waals surface area contributed by atoms with Crippen LogP contribution in [0, 0.1) is 5.82 Å². The molecule has 0 aliphatic rings. The molecule has 2 amide bonds. The molecular weight excluding hydrogens is 311 g/mol. The molecule has 0 aliphatic heterocycles. The fraction of sp³-hybridized carbons (Fsp3) is 0.111. The first-order valence-electron chi connectivity index (χ1n) is 7.33. The van der Waals surface area contributed by atoms with Crippen molar-refractivity contribution in [2.24, 2.45) is 0 Å². The van der Waals surface area contributed by atoms with Crippen molar-refractivity contribution in [3.8, 4) is 0 Å². The van der Waals surface area contributed by atoms with E-state index >= 15 is 0 Å². The molecule has 0 radical (unpaired) electrons. The Morgan fingerprint density at radius 3 is 2.38 bits per heavy atom. The summed E-state index contributed by atoms with van der Waals surface area (Å²) in [4.78, 5) is 24.4. The number of aliphatic hydroxyl groups is 1. The number of aliphatic hydroxyl groups excluding tert-OH is 1. The van der Waals surface area contributed by atoms with Crippen molar-refractivity contribution in [3.05, 3.63) is 77.2 Å². The zero-order valence-electron chi connectivity index (χ0n) is 12.8. The van der Waals surface area contributed by atoms with Crippen molar-refractivity contribution in [1.29, 1.82) is 0 Å². The van der Waals surface area contributed by atoms with Crippen LogP contribution in [-0.2, 0) is 4.79 Å². The molecule has 2 aromatic rings. The predicted molar refractivity (Wildman–Crippen MR) is 88.4 cm³/mol. The summed E-state index contributed by atoms with van der Waals surface area (Å²) in [7, 11) is 0. The van der Waals surface area contributed by atoms with Crippen molar-refractivity contribution < 1.29 is 19.1 Å². The molecule has 2 aromatic carbocycles. The molecule has 0 saturated heterocycles. The lowest BCUT2D eigenvalue weighted by atomic mass is 10.1. The highest BCUT2D eigenvalue weighted by Crippen LogP contribution is 2.11. The molecular formula is C18H17FN2O3. The van der Waals surface area contributed by atoms with Crippen LogP contribution in [-0.4, -0.2) is 30.1 Å². The zero-order valence-corrected chi connectivity index (χ0v) is 12.8. The second-order valence-electron chi connectivity index (χ2n) is 4.88. The van der Waals surface area contributed by atoms with Gasteiger partial charge in [0.2, 0.25) is 0 Å². The van der Waals surface area contributed by atoms with Gasteiger partial charge >= 0.3 is 0 Å². The van der Waals surface area contributed by atoms with Gasteiger partial charge in [0, 0.05) is 17.7 Å². The van der Waals surface area contributed by atoms with Gasteiger partial charge in [-0.05, 0) is 24.3 Å². The van der Waals surface area contributed by atoms with Gasteiger partial charge < -0.3 is 15.7 Å². The van der Waals surface area contributed by atoms with E-state index in [0.717, 1.165) is 0 Å². The Labute approximate surface area is 138 Å². The van der Waals surface area contributed by atoms with E-state index in [0.29, 0.717) is 5.56 Å². The van der Waals surface area contributed by atoms with Crippen molar-refractivity contribution in [2.75, 3.05) is 13.2 Å². The van der Waals surface area contributed by atoms with Crippen LogP contribution in [0.25, 0.3) is 6.08 Å². The highest BCUT2D eigenvalue weighted by Gasteiger charge is 2.14.